The quantitative estimate of drug-likeness (QED) is 0.754. The van der Waals surface area contributed by atoms with Gasteiger partial charge >= 0.3 is 6.18 Å². The Hall–Kier alpha value is -3.04. The summed E-state index contributed by atoms with van der Waals surface area (Å²) in [6, 6.07) is 5.28. The molecule has 0 aliphatic carbocycles. The lowest BCUT2D eigenvalue weighted by atomic mass is 10.1. The van der Waals surface area contributed by atoms with Crippen LogP contribution in [0.5, 0.6) is 0 Å². The molecular weight excluding hydrogens is 361 g/mol. The number of nitrogens with one attached hydrogen (secondary N) is 1. The highest BCUT2D eigenvalue weighted by atomic mass is 19.4. The maximum absolute atomic E-state index is 12.8. The lowest BCUT2D eigenvalue weighted by Gasteiger charge is -2.10. The summed E-state index contributed by atoms with van der Waals surface area (Å²) in [6.07, 6.45) is -4.21. The number of pyridine rings is 1. The van der Waals surface area contributed by atoms with Crippen molar-refractivity contribution >= 4 is 17.5 Å². The molecule has 0 saturated carbocycles. The molecule has 0 spiro atoms. The maximum Gasteiger partial charge on any atom is 0.453 e. The Morgan fingerprint density at radius 3 is 2.56 bits per heavy atom. The van der Waals surface area contributed by atoms with E-state index in [-0.39, 0.29) is 18.1 Å². The third-order valence-corrected chi connectivity index (χ3v) is 4.06. The van der Waals surface area contributed by atoms with Crippen LogP contribution in [0.2, 0.25) is 0 Å². The summed E-state index contributed by atoms with van der Waals surface area (Å²) in [5.74, 6) is -1.15. The Bertz CT molecular complexity index is 1010. The Morgan fingerprint density at radius 2 is 1.89 bits per heavy atom. The predicted octanol–water partition coefficient (Wildman–Crippen LogP) is 3.03. The van der Waals surface area contributed by atoms with Gasteiger partial charge in [-0.25, -0.2) is 14.5 Å². The highest BCUT2D eigenvalue weighted by Gasteiger charge is 2.36. The molecule has 7 nitrogen and oxygen atoms in total. The first-order valence-corrected chi connectivity index (χ1v) is 8.18. The van der Waals surface area contributed by atoms with E-state index < -0.39 is 12.0 Å². The summed E-state index contributed by atoms with van der Waals surface area (Å²) in [5, 5.41) is 6.20. The minimum Gasteiger partial charge on any atom is -0.311 e. The lowest BCUT2D eigenvalue weighted by molar-refractivity contribution is -0.144. The normalized spacial score (nSPS) is 11.8. The zero-order chi connectivity index (χ0) is 19.8. The Balaban J connectivity index is 1.79. The van der Waals surface area contributed by atoms with Gasteiger partial charge in [-0.3, -0.25) is 4.79 Å². The summed E-state index contributed by atoms with van der Waals surface area (Å²) >= 11 is 0. The fraction of sp³-hybridized carbons (Fsp3) is 0.353. The van der Waals surface area contributed by atoms with Gasteiger partial charge in [0.25, 0.3) is 11.6 Å². The summed E-state index contributed by atoms with van der Waals surface area (Å²) in [4.78, 5) is 23.9. The van der Waals surface area contributed by atoms with Crippen LogP contribution in [0, 0.1) is 20.8 Å². The second-order valence-corrected chi connectivity index (χ2v) is 6.12. The van der Waals surface area contributed by atoms with Gasteiger partial charge in [0.2, 0.25) is 5.91 Å². The van der Waals surface area contributed by atoms with Gasteiger partial charge in [-0.05, 0) is 44.9 Å². The van der Waals surface area contributed by atoms with Crippen molar-refractivity contribution in [1.82, 2.24) is 24.6 Å². The standard InChI is InChI=1S/C17H17F3N6O/c1-9-5-4-6-13(21-9)23-14(27)8-7-12-10(2)22-16-24-15(17(18,19)20)25-26(16)11(12)3/h4-6H,7-8H2,1-3H3,(H,21,23,27). The topological polar surface area (TPSA) is 85.1 Å². The van der Waals surface area contributed by atoms with E-state index in [1.807, 2.05) is 13.0 Å². The van der Waals surface area contributed by atoms with E-state index in [4.69, 9.17) is 0 Å². The Labute approximate surface area is 152 Å². The van der Waals surface area contributed by atoms with Crippen LogP contribution in [-0.2, 0) is 17.4 Å². The molecule has 27 heavy (non-hydrogen) atoms. The van der Waals surface area contributed by atoms with E-state index in [0.717, 1.165) is 10.2 Å². The molecular formula is C17H17F3N6O. The van der Waals surface area contributed by atoms with Crippen LogP contribution in [0.3, 0.4) is 0 Å². The van der Waals surface area contributed by atoms with Crippen molar-refractivity contribution in [1.29, 1.82) is 0 Å². The monoisotopic (exact) mass is 378 g/mol. The first-order chi connectivity index (χ1) is 12.6. The van der Waals surface area contributed by atoms with Gasteiger partial charge in [0, 0.05) is 23.5 Å². The van der Waals surface area contributed by atoms with Gasteiger partial charge in [-0.15, -0.1) is 5.10 Å². The van der Waals surface area contributed by atoms with Crippen molar-refractivity contribution in [3.05, 3.63) is 46.7 Å². The summed E-state index contributed by atoms with van der Waals surface area (Å²) in [7, 11) is 0. The van der Waals surface area contributed by atoms with Gasteiger partial charge in [0.15, 0.2) is 0 Å². The second-order valence-electron chi connectivity index (χ2n) is 6.12. The molecule has 3 heterocycles. The lowest BCUT2D eigenvalue weighted by Crippen LogP contribution is -2.15. The van der Waals surface area contributed by atoms with Gasteiger partial charge in [0.05, 0.1) is 0 Å². The van der Waals surface area contributed by atoms with E-state index in [0.29, 0.717) is 29.2 Å². The van der Waals surface area contributed by atoms with E-state index >= 15 is 0 Å². The van der Waals surface area contributed by atoms with E-state index in [1.165, 1.54) is 0 Å². The molecule has 0 atom stereocenters. The Kier molecular flexibility index (Phi) is 4.81. The first kappa shape index (κ1) is 18.7. The van der Waals surface area contributed by atoms with Crippen molar-refractivity contribution in [3.63, 3.8) is 0 Å². The van der Waals surface area contributed by atoms with Crippen molar-refractivity contribution in [2.75, 3.05) is 5.32 Å². The smallest absolute Gasteiger partial charge is 0.311 e. The number of aromatic nitrogens is 5. The van der Waals surface area contributed by atoms with Crippen LogP contribution in [0.1, 0.15) is 34.9 Å². The number of carbonyl (C=O) groups is 1. The van der Waals surface area contributed by atoms with Gasteiger partial charge in [0.1, 0.15) is 5.82 Å². The number of halogens is 3. The van der Waals surface area contributed by atoms with Crippen LogP contribution in [0.4, 0.5) is 19.0 Å². The van der Waals surface area contributed by atoms with Crippen LogP contribution in [0.15, 0.2) is 18.2 Å². The minimum absolute atomic E-state index is 0.116. The number of hydrogen-bond acceptors (Lipinski definition) is 5. The first-order valence-electron chi connectivity index (χ1n) is 8.18. The molecule has 0 saturated heterocycles. The highest BCUT2D eigenvalue weighted by Crippen LogP contribution is 2.27. The number of anilines is 1. The molecule has 0 radical (unpaired) electrons. The molecule has 3 rings (SSSR count). The molecule has 1 amide bonds. The summed E-state index contributed by atoms with van der Waals surface area (Å²) in [5.41, 5.74) is 2.43. The van der Waals surface area contributed by atoms with Crippen LogP contribution in [-0.4, -0.2) is 30.5 Å². The summed E-state index contributed by atoms with van der Waals surface area (Å²) < 4.78 is 39.5. The van der Waals surface area contributed by atoms with Crippen LogP contribution in [0.25, 0.3) is 5.78 Å². The SMILES string of the molecule is Cc1cccc(NC(=O)CCc2c(C)nc3nc(C(F)(F)F)nn3c2C)n1. The fourth-order valence-corrected chi connectivity index (χ4v) is 2.75. The summed E-state index contributed by atoms with van der Waals surface area (Å²) in [6.45, 7) is 5.12. The molecule has 0 unspecified atom stereocenters. The zero-order valence-corrected chi connectivity index (χ0v) is 14.9. The van der Waals surface area contributed by atoms with E-state index in [2.05, 4.69) is 25.4 Å². The predicted molar refractivity (Wildman–Crippen MR) is 91.2 cm³/mol. The zero-order valence-electron chi connectivity index (χ0n) is 14.9. The van der Waals surface area contributed by atoms with E-state index in [9.17, 15) is 18.0 Å². The van der Waals surface area contributed by atoms with Crippen molar-refractivity contribution in [2.24, 2.45) is 0 Å². The van der Waals surface area contributed by atoms with E-state index in [1.54, 1.807) is 26.0 Å². The molecule has 0 bridgehead atoms. The number of hydrogen-bond donors (Lipinski definition) is 1. The van der Waals surface area contributed by atoms with Gasteiger partial charge in [-0.2, -0.15) is 18.2 Å². The molecule has 10 heteroatoms. The molecule has 3 aromatic heterocycles. The molecule has 3 aromatic rings. The minimum atomic E-state index is -4.64. The van der Waals surface area contributed by atoms with Crippen molar-refractivity contribution in [3.8, 4) is 0 Å². The number of amides is 1. The molecule has 0 aromatic carbocycles. The Morgan fingerprint density at radius 1 is 1.15 bits per heavy atom. The van der Waals surface area contributed by atoms with Crippen molar-refractivity contribution in [2.45, 2.75) is 39.8 Å². The largest absolute Gasteiger partial charge is 0.453 e. The molecule has 0 aliphatic rings. The number of carbonyl (C=O) groups excluding carboxylic acids is 1. The average molecular weight is 378 g/mol. The molecule has 142 valence electrons. The third kappa shape index (κ3) is 4.04. The van der Waals surface area contributed by atoms with Crippen molar-refractivity contribution < 1.29 is 18.0 Å². The second kappa shape index (κ2) is 6.93. The number of rotatable bonds is 4. The number of nitrogens with zero attached hydrogens (tertiary/aromatic N) is 5. The van der Waals surface area contributed by atoms with Crippen LogP contribution < -0.4 is 5.32 Å². The van der Waals surface area contributed by atoms with Gasteiger partial charge < -0.3 is 5.32 Å². The highest BCUT2D eigenvalue weighted by molar-refractivity contribution is 5.89. The number of aryl methyl sites for hydroxylation is 3. The maximum atomic E-state index is 12.8. The van der Waals surface area contributed by atoms with Crippen LogP contribution >= 0.6 is 0 Å². The number of fused-ring (bicyclic) bond motifs is 1. The third-order valence-electron chi connectivity index (χ3n) is 4.06. The fourth-order valence-electron chi connectivity index (χ4n) is 2.75. The number of alkyl halides is 3. The average Bonchev–Trinajstić information content (AvgIpc) is 2.99. The van der Waals surface area contributed by atoms with Gasteiger partial charge in [-0.1, -0.05) is 6.07 Å². The molecule has 0 aliphatic heterocycles. The molecule has 0 fully saturated rings. The molecule has 1 N–H and O–H groups in total.